The molecule has 0 bridgehead atoms. The van der Waals surface area contributed by atoms with Gasteiger partial charge in [-0.3, -0.25) is 9.67 Å². The van der Waals surface area contributed by atoms with Crippen LogP contribution < -0.4 is 10.6 Å². The first-order valence-electron chi connectivity index (χ1n) is 9.85. The lowest BCUT2D eigenvalue weighted by Gasteiger charge is -2.25. The number of nitrogens with zero attached hydrogens (tertiary/aromatic N) is 3. The third-order valence-electron chi connectivity index (χ3n) is 5.16. The van der Waals surface area contributed by atoms with E-state index < -0.39 is 0 Å². The highest BCUT2D eigenvalue weighted by Crippen LogP contribution is 2.23. The molecule has 0 aromatic carbocycles. The maximum absolute atomic E-state index is 4.88. The number of nitrogens with one attached hydrogen (secondary N) is 2. The second kappa shape index (κ2) is 8.97. The minimum atomic E-state index is 0.433. The molecule has 2 aliphatic rings. The first-order chi connectivity index (χ1) is 12.2. The molecule has 5 nitrogen and oxygen atoms in total. The Labute approximate surface area is 156 Å². The van der Waals surface area contributed by atoms with Crippen LogP contribution in [0.1, 0.15) is 57.3 Å². The number of aromatic nitrogens is 2. The number of hydrogen-bond donors (Lipinski definition) is 2. The third-order valence-corrected chi connectivity index (χ3v) is 6.21. The van der Waals surface area contributed by atoms with Crippen LogP contribution >= 0.6 is 11.8 Å². The van der Waals surface area contributed by atoms with Gasteiger partial charge in [-0.2, -0.15) is 16.9 Å². The molecule has 2 N–H and O–H groups in total. The van der Waals surface area contributed by atoms with Crippen LogP contribution in [-0.2, 0) is 12.8 Å². The normalized spacial score (nSPS) is 22.1. The van der Waals surface area contributed by atoms with Crippen molar-refractivity contribution in [2.24, 2.45) is 10.9 Å². The van der Waals surface area contributed by atoms with Crippen molar-refractivity contribution in [1.82, 2.24) is 20.4 Å². The van der Waals surface area contributed by atoms with E-state index in [0.717, 1.165) is 44.2 Å². The summed E-state index contributed by atoms with van der Waals surface area (Å²) in [5.41, 5.74) is 2.69. The van der Waals surface area contributed by atoms with Crippen molar-refractivity contribution in [2.45, 2.75) is 65.0 Å². The van der Waals surface area contributed by atoms with Gasteiger partial charge in [-0.15, -0.1) is 0 Å². The highest BCUT2D eigenvalue weighted by Gasteiger charge is 2.23. The lowest BCUT2D eigenvalue weighted by molar-refractivity contribution is 0.488. The van der Waals surface area contributed by atoms with Crippen LogP contribution in [0.5, 0.6) is 0 Å². The molecular weight excluding hydrogens is 330 g/mol. The third kappa shape index (κ3) is 5.16. The Balaban J connectivity index is 1.58. The summed E-state index contributed by atoms with van der Waals surface area (Å²) in [5, 5.41) is 11.9. The quantitative estimate of drug-likeness (QED) is 0.624. The minimum absolute atomic E-state index is 0.433. The standard InChI is InChI=1S/C19H33N5S/c1-4-20-19(21-12-15-7-9-25-10-8-15)22-17-6-5-16-13-24(14(2)3)23-18(16)11-17/h13-15,17H,4-12H2,1-3H3,(H2,20,21,22). The number of hydrogen-bond acceptors (Lipinski definition) is 3. The summed E-state index contributed by atoms with van der Waals surface area (Å²) < 4.78 is 2.10. The van der Waals surface area contributed by atoms with Crippen LogP contribution in [-0.4, -0.2) is 46.4 Å². The van der Waals surface area contributed by atoms with Gasteiger partial charge in [0.05, 0.1) is 5.69 Å². The van der Waals surface area contributed by atoms with Crippen molar-refractivity contribution in [1.29, 1.82) is 0 Å². The van der Waals surface area contributed by atoms with Crippen molar-refractivity contribution in [3.05, 3.63) is 17.5 Å². The molecule has 1 aromatic rings. The van der Waals surface area contributed by atoms with E-state index in [1.807, 2.05) is 0 Å². The molecule has 0 saturated carbocycles. The van der Waals surface area contributed by atoms with Gasteiger partial charge in [0.15, 0.2) is 5.96 Å². The van der Waals surface area contributed by atoms with Crippen LogP contribution in [0, 0.1) is 5.92 Å². The zero-order valence-electron chi connectivity index (χ0n) is 15.9. The van der Waals surface area contributed by atoms with Crippen LogP contribution in [0.3, 0.4) is 0 Å². The van der Waals surface area contributed by atoms with Crippen LogP contribution in [0.25, 0.3) is 0 Å². The van der Waals surface area contributed by atoms with Gasteiger partial charge in [0, 0.05) is 37.8 Å². The molecule has 1 aliphatic heterocycles. The van der Waals surface area contributed by atoms with Gasteiger partial charge in [-0.05, 0) is 69.4 Å². The molecule has 2 heterocycles. The van der Waals surface area contributed by atoms with Gasteiger partial charge in [0.1, 0.15) is 0 Å². The Morgan fingerprint density at radius 3 is 2.88 bits per heavy atom. The van der Waals surface area contributed by atoms with Crippen molar-refractivity contribution < 1.29 is 0 Å². The van der Waals surface area contributed by atoms with Crippen molar-refractivity contribution >= 4 is 17.7 Å². The predicted molar refractivity (Wildman–Crippen MR) is 108 cm³/mol. The van der Waals surface area contributed by atoms with E-state index in [2.05, 4.69) is 54.0 Å². The number of guanidine groups is 1. The van der Waals surface area contributed by atoms with E-state index in [1.54, 1.807) is 0 Å². The minimum Gasteiger partial charge on any atom is -0.357 e. The van der Waals surface area contributed by atoms with E-state index in [-0.39, 0.29) is 0 Å². The van der Waals surface area contributed by atoms with Crippen molar-refractivity contribution in [2.75, 3.05) is 24.6 Å². The summed E-state index contributed by atoms with van der Waals surface area (Å²) in [5.74, 6) is 4.34. The maximum atomic E-state index is 4.88. The first-order valence-corrected chi connectivity index (χ1v) is 11.0. The average molecular weight is 364 g/mol. The summed E-state index contributed by atoms with van der Waals surface area (Å²) in [4.78, 5) is 4.88. The second-order valence-electron chi connectivity index (χ2n) is 7.53. The Morgan fingerprint density at radius 1 is 1.36 bits per heavy atom. The zero-order chi connectivity index (χ0) is 17.6. The SMILES string of the molecule is CCNC(=NCC1CCSCC1)NC1CCc2cn(C(C)C)nc2C1. The molecule has 1 fully saturated rings. The summed E-state index contributed by atoms with van der Waals surface area (Å²) in [6, 6.07) is 0.868. The first kappa shape index (κ1) is 18.6. The largest absolute Gasteiger partial charge is 0.357 e. The van der Waals surface area contributed by atoms with E-state index in [1.165, 1.54) is 35.6 Å². The van der Waals surface area contributed by atoms with Gasteiger partial charge in [-0.1, -0.05) is 0 Å². The van der Waals surface area contributed by atoms with Gasteiger partial charge in [-0.25, -0.2) is 0 Å². The maximum Gasteiger partial charge on any atom is 0.191 e. The number of aliphatic imine (C=N–C) groups is 1. The van der Waals surface area contributed by atoms with E-state index >= 15 is 0 Å². The molecule has 1 saturated heterocycles. The molecule has 140 valence electrons. The second-order valence-corrected chi connectivity index (χ2v) is 8.76. The highest BCUT2D eigenvalue weighted by atomic mass is 32.2. The Bertz CT molecular complexity index is 574. The zero-order valence-corrected chi connectivity index (χ0v) is 16.7. The fourth-order valence-corrected chi connectivity index (χ4v) is 4.77. The van der Waals surface area contributed by atoms with Crippen molar-refractivity contribution in [3.8, 4) is 0 Å². The van der Waals surface area contributed by atoms with Gasteiger partial charge in [0.2, 0.25) is 0 Å². The summed E-state index contributed by atoms with van der Waals surface area (Å²) in [6.45, 7) is 8.38. The molecule has 0 spiro atoms. The summed E-state index contributed by atoms with van der Waals surface area (Å²) in [7, 11) is 0. The molecule has 0 amide bonds. The molecule has 6 heteroatoms. The van der Waals surface area contributed by atoms with Gasteiger partial charge < -0.3 is 10.6 Å². The fourth-order valence-electron chi connectivity index (χ4n) is 3.56. The summed E-state index contributed by atoms with van der Waals surface area (Å²) in [6.07, 6.45) is 8.12. The van der Waals surface area contributed by atoms with Crippen LogP contribution in [0.2, 0.25) is 0 Å². The van der Waals surface area contributed by atoms with Crippen LogP contribution in [0.4, 0.5) is 0 Å². The van der Waals surface area contributed by atoms with Crippen LogP contribution in [0.15, 0.2) is 11.2 Å². The van der Waals surface area contributed by atoms with E-state index in [4.69, 9.17) is 10.1 Å². The molecule has 1 aromatic heterocycles. The number of thioether (sulfide) groups is 1. The molecule has 1 aliphatic carbocycles. The van der Waals surface area contributed by atoms with E-state index in [0.29, 0.717) is 12.1 Å². The average Bonchev–Trinajstić information content (AvgIpc) is 3.04. The smallest absolute Gasteiger partial charge is 0.191 e. The number of fused-ring (bicyclic) bond motifs is 1. The molecule has 0 radical (unpaired) electrons. The Morgan fingerprint density at radius 2 is 2.16 bits per heavy atom. The fraction of sp³-hybridized carbons (Fsp3) is 0.789. The molecule has 1 atom stereocenters. The summed E-state index contributed by atoms with van der Waals surface area (Å²) >= 11 is 2.08. The lowest BCUT2D eigenvalue weighted by Crippen LogP contribution is -2.46. The van der Waals surface area contributed by atoms with Crippen molar-refractivity contribution in [3.63, 3.8) is 0 Å². The Kier molecular flexibility index (Phi) is 6.68. The molecular formula is C19H33N5S. The molecule has 3 rings (SSSR count). The van der Waals surface area contributed by atoms with Gasteiger partial charge >= 0.3 is 0 Å². The predicted octanol–water partition coefficient (Wildman–Crippen LogP) is 3.02. The number of rotatable bonds is 5. The monoisotopic (exact) mass is 363 g/mol. The highest BCUT2D eigenvalue weighted by molar-refractivity contribution is 7.99. The molecule has 25 heavy (non-hydrogen) atoms. The van der Waals surface area contributed by atoms with Gasteiger partial charge in [0.25, 0.3) is 0 Å². The topological polar surface area (TPSA) is 54.2 Å². The molecule has 1 unspecified atom stereocenters. The lowest BCUT2D eigenvalue weighted by atomic mass is 9.94. The van der Waals surface area contributed by atoms with E-state index in [9.17, 15) is 0 Å². The Hall–Kier alpha value is -1.17. The number of aryl methyl sites for hydroxylation is 1.